The second kappa shape index (κ2) is 5.51. The van der Waals surface area contributed by atoms with Crippen LogP contribution in [0.25, 0.3) is 0 Å². The van der Waals surface area contributed by atoms with Crippen LogP contribution in [0.3, 0.4) is 0 Å². The Morgan fingerprint density at radius 2 is 2.27 bits per heavy atom. The van der Waals surface area contributed by atoms with Crippen LogP contribution in [0, 0.1) is 6.42 Å². The Morgan fingerprint density at radius 3 is 2.80 bits per heavy atom. The molecule has 86 valence electrons. The van der Waals surface area contributed by atoms with E-state index in [1.54, 1.807) is 0 Å². The Labute approximate surface area is 90.5 Å². The summed E-state index contributed by atoms with van der Waals surface area (Å²) in [5.41, 5.74) is 0.797. The van der Waals surface area contributed by atoms with Crippen LogP contribution in [0.15, 0.2) is 12.2 Å². The average molecular weight is 215 g/mol. The van der Waals surface area contributed by atoms with Gasteiger partial charge in [-0.15, -0.1) is 0 Å². The quantitative estimate of drug-likeness (QED) is 0.676. The molecule has 0 aliphatic carbocycles. The summed E-state index contributed by atoms with van der Waals surface area (Å²) < 4.78 is 10.7. The maximum atomic E-state index is 9.62. The highest BCUT2D eigenvalue weighted by Crippen LogP contribution is 2.25. The molecule has 0 saturated carbocycles. The van der Waals surface area contributed by atoms with Crippen molar-refractivity contribution in [3.05, 3.63) is 18.6 Å². The highest BCUT2D eigenvalue weighted by atomic mass is 16.7. The first-order chi connectivity index (χ1) is 7.10. The average Bonchev–Trinajstić information content (AvgIpc) is 2.23. The van der Waals surface area contributed by atoms with Crippen molar-refractivity contribution in [3.8, 4) is 0 Å². The fourth-order valence-electron chi connectivity index (χ4n) is 1.56. The van der Waals surface area contributed by atoms with Gasteiger partial charge < -0.3 is 19.7 Å². The van der Waals surface area contributed by atoms with Crippen molar-refractivity contribution < 1.29 is 19.7 Å². The van der Waals surface area contributed by atoms with Crippen LogP contribution in [0.2, 0.25) is 0 Å². The van der Waals surface area contributed by atoms with E-state index >= 15 is 0 Å². The number of hydrogen-bond acceptors (Lipinski definition) is 4. The molecule has 1 heterocycles. The van der Waals surface area contributed by atoms with Crippen molar-refractivity contribution >= 4 is 0 Å². The lowest BCUT2D eigenvalue weighted by molar-refractivity contribution is -0.258. The summed E-state index contributed by atoms with van der Waals surface area (Å²) in [7, 11) is 0. The standard InChI is InChI=1S/C11H19O4/c1-4-7(3)9-6-8(12)10(13)11(15-9)14-5-2/h4,8-13H,3,5-6H2,1-2H3/q+1. The van der Waals surface area contributed by atoms with Crippen molar-refractivity contribution in [2.75, 3.05) is 6.61 Å². The summed E-state index contributed by atoms with van der Waals surface area (Å²) in [6, 6.07) is 0. The molecule has 1 fully saturated rings. The van der Waals surface area contributed by atoms with E-state index in [9.17, 15) is 10.2 Å². The lowest BCUT2D eigenvalue weighted by atomic mass is 9.96. The Hall–Kier alpha value is -0.550. The summed E-state index contributed by atoms with van der Waals surface area (Å²) >= 11 is 0. The topological polar surface area (TPSA) is 58.9 Å². The van der Waals surface area contributed by atoms with E-state index in [0.717, 1.165) is 5.57 Å². The van der Waals surface area contributed by atoms with Crippen molar-refractivity contribution in [1.29, 1.82) is 0 Å². The fourth-order valence-corrected chi connectivity index (χ4v) is 1.56. The molecule has 1 rings (SSSR count). The van der Waals surface area contributed by atoms with E-state index in [1.807, 2.05) is 20.3 Å². The van der Waals surface area contributed by atoms with Crippen molar-refractivity contribution in [1.82, 2.24) is 0 Å². The van der Waals surface area contributed by atoms with Gasteiger partial charge >= 0.3 is 0 Å². The fraction of sp³-hybridized carbons (Fsp3) is 0.727. The first-order valence-corrected chi connectivity index (χ1v) is 5.21. The first-order valence-electron chi connectivity index (χ1n) is 5.21. The van der Waals surface area contributed by atoms with Gasteiger partial charge in [-0.3, -0.25) is 0 Å². The van der Waals surface area contributed by atoms with E-state index in [-0.39, 0.29) is 6.10 Å². The second-order valence-electron chi connectivity index (χ2n) is 3.61. The molecule has 0 radical (unpaired) electrons. The maximum absolute atomic E-state index is 9.62. The zero-order chi connectivity index (χ0) is 11.4. The number of aliphatic hydroxyl groups is 2. The minimum absolute atomic E-state index is 0.273. The highest BCUT2D eigenvalue weighted by molar-refractivity contribution is 5.14. The maximum Gasteiger partial charge on any atom is 0.186 e. The monoisotopic (exact) mass is 215 g/mol. The van der Waals surface area contributed by atoms with Crippen LogP contribution in [-0.4, -0.2) is 41.4 Å². The Kier molecular flexibility index (Phi) is 4.60. The molecule has 0 bridgehead atoms. The van der Waals surface area contributed by atoms with Gasteiger partial charge in [0.2, 0.25) is 0 Å². The van der Waals surface area contributed by atoms with Gasteiger partial charge in [-0.25, -0.2) is 0 Å². The molecular weight excluding hydrogens is 196 g/mol. The third-order valence-corrected chi connectivity index (χ3v) is 2.54. The Morgan fingerprint density at radius 1 is 1.60 bits per heavy atom. The minimum Gasteiger partial charge on any atom is -0.390 e. The summed E-state index contributed by atoms with van der Waals surface area (Å²) in [6.45, 7) is 7.93. The molecule has 4 atom stereocenters. The second-order valence-corrected chi connectivity index (χ2v) is 3.61. The van der Waals surface area contributed by atoms with Gasteiger partial charge in [0.05, 0.1) is 6.10 Å². The first kappa shape index (κ1) is 12.5. The molecule has 0 amide bonds. The molecule has 15 heavy (non-hydrogen) atoms. The van der Waals surface area contributed by atoms with Gasteiger partial charge in [0, 0.05) is 33.0 Å². The molecule has 1 aliphatic rings. The molecule has 4 heteroatoms. The van der Waals surface area contributed by atoms with Crippen LogP contribution in [0.1, 0.15) is 20.3 Å². The molecule has 0 aromatic rings. The number of ether oxygens (including phenoxy) is 2. The normalized spacial score (nSPS) is 36.3. The largest absolute Gasteiger partial charge is 0.390 e. The van der Waals surface area contributed by atoms with Crippen LogP contribution in [0.4, 0.5) is 0 Å². The van der Waals surface area contributed by atoms with Crippen LogP contribution >= 0.6 is 0 Å². The van der Waals surface area contributed by atoms with E-state index in [1.165, 1.54) is 0 Å². The summed E-state index contributed by atoms with van der Waals surface area (Å²) in [5, 5.41) is 19.2. The summed E-state index contributed by atoms with van der Waals surface area (Å²) in [5.74, 6) is 0. The molecular formula is C11H19O4+. The third kappa shape index (κ3) is 2.95. The zero-order valence-corrected chi connectivity index (χ0v) is 9.22. The third-order valence-electron chi connectivity index (χ3n) is 2.54. The van der Waals surface area contributed by atoms with E-state index < -0.39 is 18.5 Å². The molecule has 1 saturated heterocycles. The highest BCUT2D eigenvalue weighted by Gasteiger charge is 2.39. The number of rotatable bonds is 4. The van der Waals surface area contributed by atoms with Gasteiger partial charge in [0.25, 0.3) is 0 Å². The van der Waals surface area contributed by atoms with Crippen LogP contribution in [0.5, 0.6) is 0 Å². The molecule has 4 unspecified atom stereocenters. The Bertz CT molecular complexity index is 217. The van der Waals surface area contributed by atoms with Gasteiger partial charge in [-0.2, -0.15) is 0 Å². The zero-order valence-electron chi connectivity index (χ0n) is 9.22. The van der Waals surface area contributed by atoms with Crippen molar-refractivity contribution in [3.63, 3.8) is 0 Å². The number of hydrogen-bond donors (Lipinski definition) is 2. The van der Waals surface area contributed by atoms with Gasteiger partial charge in [-0.1, -0.05) is 0 Å². The van der Waals surface area contributed by atoms with E-state index in [4.69, 9.17) is 9.47 Å². The smallest absolute Gasteiger partial charge is 0.186 e. The molecule has 2 N–H and O–H groups in total. The molecule has 0 aromatic carbocycles. The Balaban J connectivity index is 2.61. The number of aliphatic hydroxyl groups excluding tert-OH is 2. The van der Waals surface area contributed by atoms with Gasteiger partial charge in [-0.05, 0) is 6.92 Å². The van der Waals surface area contributed by atoms with E-state index in [0.29, 0.717) is 13.0 Å². The van der Waals surface area contributed by atoms with Crippen molar-refractivity contribution in [2.24, 2.45) is 0 Å². The predicted octanol–water partition coefficient (Wildman–Crippen LogP) is 0.640. The lowest BCUT2D eigenvalue weighted by Crippen LogP contribution is -2.49. The van der Waals surface area contributed by atoms with Crippen LogP contribution in [-0.2, 0) is 9.47 Å². The molecule has 4 nitrogen and oxygen atoms in total. The molecule has 0 spiro atoms. The lowest BCUT2D eigenvalue weighted by Gasteiger charge is -2.35. The van der Waals surface area contributed by atoms with Crippen LogP contribution < -0.4 is 0 Å². The van der Waals surface area contributed by atoms with Crippen molar-refractivity contribution in [2.45, 2.75) is 44.9 Å². The molecule has 1 aliphatic heterocycles. The summed E-state index contributed by atoms with van der Waals surface area (Å²) in [6.07, 6.45) is -0.653. The minimum atomic E-state index is -0.981. The van der Waals surface area contributed by atoms with E-state index in [2.05, 4.69) is 6.58 Å². The molecule has 0 aromatic heterocycles. The summed E-state index contributed by atoms with van der Waals surface area (Å²) in [4.78, 5) is 0. The van der Waals surface area contributed by atoms with Gasteiger partial charge in [0.1, 0.15) is 17.8 Å². The SMILES string of the molecule is C=C([CH+]C)C1CC(O)C(O)C(OCC)O1. The van der Waals surface area contributed by atoms with Gasteiger partial charge in [0.15, 0.2) is 6.29 Å². The predicted molar refractivity (Wildman–Crippen MR) is 56.0 cm³/mol.